The van der Waals surface area contributed by atoms with Crippen molar-refractivity contribution >= 4 is 5.97 Å². The summed E-state index contributed by atoms with van der Waals surface area (Å²) in [5.41, 5.74) is 2.47. The van der Waals surface area contributed by atoms with Crippen molar-refractivity contribution in [2.24, 2.45) is 5.41 Å². The first-order chi connectivity index (χ1) is 12.3. The van der Waals surface area contributed by atoms with Gasteiger partial charge in [-0.3, -0.25) is 4.79 Å². The Morgan fingerprint density at radius 3 is 2.65 bits per heavy atom. The summed E-state index contributed by atoms with van der Waals surface area (Å²) < 4.78 is 12.4. The lowest BCUT2D eigenvalue weighted by atomic mass is 9.87. The highest BCUT2D eigenvalue weighted by Crippen LogP contribution is 2.37. The number of aryl methyl sites for hydroxylation is 1. The van der Waals surface area contributed by atoms with Crippen molar-refractivity contribution in [1.29, 1.82) is 0 Å². The van der Waals surface area contributed by atoms with Crippen molar-refractivity contribution in [1.82, 2.24) is 0 Å². The van der Waals surface area contributed by atoms with Gasteiger partial charge in [0.2, 0.25) is 0 Å². The molecule has 1 aromatic rings. The summed E-state index contributed by atoms with van der Waals surface area (Å²) in [6, 6.07) is 8.41. The summed E-state index contributed by atoms with van der Waals surface area (Å²) in [6.07, 6.45) is 6.53. The Bertz CT molecular complexity index is 615. The van der Waals surface area contributed by atoms with Gasteiger partial charge in [-0.25, -0.2) is 0 Å². The van der Waals surface area contributed by atoms with E-state index in [2.05, 4.69) is 64.1 Å². The Morgan fingerprint density at radius 1 is 1.27 bits per heavy atom. The van der Waals surface area contributed by atoms with Gasteiger partial charge in [0.05, 0.1) is 12.7 Å². The van der Waals surface area contributed by atoms with Crippen molar-refractivity contribution in [3.8, 4) is 0 Å². The van der Waals surface area contributed by atoms with Crippen LogP contribution in [0.2, 0.25) is 0 Å². The monoisotopic (exact) mass is 360 g/mol. The number of carboxylic acid groups (broad SMARTS) is 1. The summed E-state index contributed by atoms with van der Waals surface area (Å²) in [7, 11) is 0. The molecule has 26 heavy (non-hydrogen) atoms. The van der Waals surface area contributed by atoms with Crippen LogP contribution in [0, 0.1) is 12.3 Å². The fourth-order valence-corrected chi connectivity index (χ4v) is 3.28. The van der Waals surface area contributed by atoms with Crippen LogP contribution in [0.4, 0.5) is 0 Å². The number of allylic oxidation sites excluding steroid dienone is 1. The molecule has 1 aliphatic rings. The molecule has 2 rings (SSSR count). The van der Waals surface area contributed by atoms with Crippen LogP contribution in [-0.4, -0.2) is 30.1 Å². The molecule has 0 spiro atoms. The minimum Gasteiger partial charge on any atom is -0.481 e. The number of hydrogen-bond acceptors (Lipinski definition) is 3. The van der Waals surface area contributed by atoms with Gasteiger partial charge < -0.3 is 14.6 Å². The van der Waals surface area contributed by atoms with E-state index in [1.54, 1.807) is 0 Å². The van der Waals surface area contributed by atoms with Crippen LogP contribution in [0.5, 0.6) is 0 Å². The van der Waals surface area contributed by atoms with E-state index in [4.69, 9.17) is 14.6 Å². The molecule has 4 nitrogen and oxygen atoms in total. The highest BCUT2D eigenvalue weighted by atomic mass is 16.7. The van der Waals surface area contributed by atoms with Gasteiger partial charge >= 0.3 is 5.97 Å². The smallest absolute Gasteiger partial charge is 0.303 e. The van der Waals surface area contributed by atoms with Crippen LogP contribution < -0.4 is 0 Å². The van der Waals surface area contributed by atoms with Gasteiger partial charge in [0.25, 0.3) is 0 Å². The maximum absolute atomic E-state index is 10.6. The lowest BCUT2D eigenvalue weighted by Crippen LogP contribution is -2.44. The molecule has 1 heterocycles. The van der Waals surface area contributed by atoms with Gasteiger partial charge in [-0.2, -0.15) is 0 Å². The van der Waals surface area contributed by atoms with Crippen LogP contribution >= 0.6 is 0 Å². The van der Waals surface area contributed by atoms with E-state index in [0.29, 0.717) is 13.0 Å². The number of unbranched alkanes of at least 4 members (excludes halogenated alkanes) is 1. The molecule has 1 saturated heterocycles. The topological polar surface area (TPSA) is 55.8 Å². The number of carbonyl (C=O) groups is 1. The largest absolute Gasteiger partial charge is 0.481 e. The Kier molecular flexibility index (Phi) is 7.42. The van der Waals surface area contributed by atoms with E-state index in [-0.39, 0.29) is 30.1 Å². The van der Waals surface area contributed by atoms with E-state index in [9.17, 15) is 4.79 Å². The average molecular weight is 360 g/mol. The number of hydrogen-bond donors (Lipinski definition) is 1. The molecule has 3 unspecified atom stereocenters. The van der Waals surface area contributed by atoms with Gasteiger partial charge in [-0.05, 0) is 37.3 Å². The molecule has 4 heteroatoms. The Hall–Kier alpha value is -1.65. The summed E-state index contributed by atoms with van der Waals surface area (Å²) in [6.45, 7) is 9.17. The van der Waals surface area contributed by atoms with E-state index in [0.717, 1.165) is 12.8 Å². The van der Waals surface area contributed by atoms with Crippen LogP contribution in [0.3, 0.4) is 0 Å². The van der Waals surface area contributed by atoms with Gasteiger partial charge in [-0.15, -0.1) is 0 Å². The second-order valence-corrected chi connectivity index (χ2v) is 8.16. The zero-order valence-corrected chi connectivity index (χ0v) is 16.4. The molecule has 0 aliphatic carbocycles. The second kappa shape index (κ2) is 9.33. The fourth-order valence-electron chi connectivity index (χ4n) is 3.28. The second-order valence-electron chi connectivity index (χ2n) is 8.16. The van der Waals surface area contributed by atoms with Crippen molar-refractivity contribution in [3.05, 3.63) is 47.5 Å². The maximum atomic E-state index is 10.6. The van der Waals surface area contributed by atoms with E-state index >= 15 is 0 Å². The number of rotatable bonds is 7. The predicted octanol–water partition coefficient (Wildman–Crippen LogP) is 5.07. The molecule has 0 amide bonds. The first kappa shape index (κ1) is 20.7. The quantitative estimate of drug-likeness (QED) is 0.545. The maximum Gasteiger partial charge on any atom is 0.303 e. The highest BCUT2D eigenvalue weighted by Gasteiger charge is 2.38. The number of benzene rings is 1. The van der Waals surface area contributed by atoms with Crippen molar-refractivity contribution < 1.29 is 19.4 Å². The molecule has 0 radical (unpaired) electrons. The predicted molar refractivity (Wildman–Crippen MR) is 103 cm³/mol. The molecule has 0 bridgehead atoms. The van der Waals surface area contributed by atoms with Crippen molar-refractivity contribution in [3.63, 3.8) is 0 Å². The summed E-state index contributed by atoms with van der Waals surface area (Å²) >= 11 is 0. The summed E-state index contributed by atoms with van der Waals surface area (Å²) in [5, 5.41) is 8.71. The van der Waals surface area contributed by atoms with Gasteiger partial charge in [0.1, 0.15) is 0 Å². The van der Waals surface area contributed by atoms with Crippen LogP contribution in [-0.2, 0) is 14.3 Å². The van der Waals surface area contributed by atoms with Crippen molar-refractivity contribution in [2.45, 2.75) is 71.7 Å². The average Bonchev–Trinajstić information content (AvgIpc) is 2.57. The first-order valence-electron chi connectivity index (χ1n) is 9.48. The molecule has 1 fully saturated rings. The third-order valence-corrected chi connectivity index (χ3v) is 4.77. The van der Waals surface area contributed by atoms with Gasteiger partial charge in [0, 0.05) is 17.8 Å². The van der Waals surface area contributed by atoms with E-state index < -0.39 is 5.97 Å². The number of carboxylic acids is 1. The fraction of sp³-hybridized carbons (Fsp3) is 0.591. The van der Waals surface area contributed by atoms with Gasteiger partial charge in [-0.1, -0.05) is 57.2 Å². The summed E-state index contributed by atoms with van der Waals surface area (Å²) in [5.74, 6) is -0.530. The Balaban J connectivity index is 2.05. The van der Waals surface area contributed by atoms with E-state index in [1.807, 2.05) is 0 Å². The van der Waals surface area contributed by atoms with Crippen molar-refractivity contribution in [2.75, 3.05) is 6.61 Å². The number of ether oxygens (including phenoxy) is 2. The Morgan fingerprint density at radius 2 is 2.00 bits per heavy atom. The molecule has 0 saturated carbocycles. The molecule has 1 aromatic carbocycles. The van der Waals surface area contributed by atoms with E-state index in [1.165, 1.54) is 11.1 Å². The molecular formula is C22H32O4. The zero-order chi connectivity index (χ0) is 19.2. The third-order valence-electron chi connectivity index (χ3n) is 4.77. The molecule has 1 N–H and O–H groups in total. The highest BCUT2D eigenvalue weighted by molar-refractivity contribution is 5.66. The lowest BCUT2D eigenvalue weighted by Gasteiger charge is -2.42. The zero-order valence-electron chi connectivity index (χ0n) is 16.4. The first-order valence-corrected chi connectivity index (χ1v) is 9.48. The standard InChI is InChI=1S/C22H32O4/c1-16-11-9-10-12-17(16)18-15-25-21(22(2,3)4)26-19(18)13-7-5-6-8-14-20(23)24/h5,7,9-12,18-19,21H,6,8,13-15H2,1-4H3,(H,23,24)/b7-5-. The number of aliphatic carboxylic acids is 1. The van der Waals surface area contributed by atoms with Gasteiger partial charge in [0.15, 0.2) is 6.29 Å². The SMILES string of the molecule is Cc1ccccc1C1COC(C(C)(C)C)OC1C/C=C\CCCC(=O)O. The third kappa shape index (κ3) is 5.96. The summed E-state index contributed by atoms with van der Waals surface area (Å²) in [4.78, 5) is 10.6. The minimum atomic E-state index is -0.737. The minimum absolute atomic E-state index is 0.0600. The lowest BCUT2D eigenvalue weighted by molar-refractivity contribution is -0.259. The normalized spacial score (nSPS) is 24.1. The molecule has 144 valence electrons. The molecule has 3 atom stereocenters. The Labute approximate surface area is 157 Å². The van der Waals surface area contributed by atoms with Crippen LogP contribution in [0.15, 0.2) is 36.4 Å². The molecular weight excluding hydrogens is 328 g/mol. The van der Waals surface area contributed by atoms with Crippen LogP contribution in [0.25, 0.3) is 0 Å². The van der Waals surface area contributed by atoms with Crippen LogP contribution in [0.1, 0.15) is 63.5 Å². The molecule has 1 aliphatic heterocycles. The molecule has 0 aromatic heterocycles.